The molecule has 7 heteroatoms. The van der Waals surface area contributed by atoms with Gasteiger partial charge in [-0.3, -0.25) is 0 Å². The highest BCUT2D eigenvalue weighted by Gasteiger charge is 2.17. The van der Waals surface area contributed by atoms with Crippen molar-refractivity contribution in [2.45, 2.75) is 13.5 Å². The molecular formula is C7H8N4O3. The number of hydrogen-bond donors (Lipinski definition) is 1. The van der Waals surface area contributed by atoms with Gasteiger partial charge in [0, 0.05) is 6.92 Å². The van der Waals surface area contributed by atoms with Crippen molar-refractivity contribution in [1.29, 1.82) is 0 Å². The quantitative estimate of drug-likeness (QED) is 0.408. The van der Waals surface area contributed by atoms with E-state index in [2.05, 4.69) is 4.98 Å². The van der Waals surface area contributed by atoms with Gasteiger partial charge in [0.2, 0.25) is 0 Å². The van der Waals surface area contributed by atoms with Gasteiger partial charge in [-0.15, -0.1) is 0 Å². The van der Waals surface area contributed by atoms with E-state index in [4.69, 9.17) is 5.73 Å². The molecule has 0 aromatic carbocycles. The third kappa shape index (κ3) is 1.78. The molecule has 0 spiro atoms. The van der Waals surface area contributed by atoms with Crippen molar-refractivity contribution in [3.63, 3.8) is 0 Å². The van der Waals surface area contributed by atoms with Gasteiger partial charge >= 0.3 is 5.82 Å². The molecule has 1 aromatic heterocycles. The summed E-state index contributed by atoms with van der Waals surface area (Å²) >= 11 is 0. The molecular weight excluding hydrogens is 188 g/mol. The fourth-order valence-electron chi connectivity index (χ4n) is 1.00. The van der Waals surface area contributed by atoms with Crippen molar-refractivity contribution < 1.29 is 9.72 Å². The van der Waals surface area contributed by atoms with E-state index in [1.54, 1.807) is 6.92 Å². The Labute approximate surface area is 79.0 Å². The second-order valence-electron chi connectivity index (χ2n) is 2.63. The molecule has 14 heavy (non-hydrogen) atoms. The summed E-state index contributed by atoms with van der Waals surface area (Å²) in [4.78, 5) is 23.8. The number of imidazole rings is 1. The number of allylic oxidation sites excluding steroid dienone is 1. The van der Waals surface area contributed by atoms with Crippen LogP contribution < -0.4 is 5.73 Å². The highest BCUT2D eigenvalue weighted by atomic mass is 16.6. The predicted octanol–water partition coefficient (Wildman–Crippen LogP) is -0.226. The van der Waals surface area contributed by atoms with E-state index in [9.17, 15) is 14.9 Å². The summed E-state index contributed by atoms with van der Waals surface area (Å²) in [6.45, 7) is 1.52. The van der Waals surface area contributed by atoms with Gasteiger partial charge in [-0.1, -0.05) is 0 Å². The largest absolute Gasteiger partial charge is 0.390 e. The Morgan fingerprint density at radius 1 is 1.86 bits per heavy atom. The van der Waals surface area contributed by atoms with E-state index in [1.807, 2.05) is 0 Å². The van der Waals surface area contributed by atoms with Crippen LogP contribution in [0.1, 0.15) is 5.82 Å². The van der Waals surface area contributed by atoms with Crippen molar-refractivity contribution in [1.82, 2.24) is 9.55 Å². The van der Waals surface area contributed by atoms with Crippen molar-refractivity contribution >= 4 is 11.8 Å². The van der Waals surface area contributed by atoms with Gasteiger partial charge in [0.25, 0.3) is 0 Å². The maximum atomic E-state index is 10.5. The highest BCUT2D eigenvalue weighted by molar-refractivity contribution is 5.50. The number of nitro groups is 1. The number of nitrogens with zero attached hydrogens (tertiary/aromatic N) is 3. The molecule has 0 bridgehead atoms. The van der Waals surface area contributed by atoms with Crippen molar-refractivity contribution in [2.24, 2.45) is 5.73 Å². The van der Waals surface area contributed by atoms with E-state index >= 15 is 0 Å². The summed E-state index contributed by atoms with van der Waals surface area (Å²) in [7, 11) is 0. The lowest BCUT2D eigenvalue weighted by molar-refractivity contribution is -0.392. The molecule has 1 heterocycles. The summed E-state index contributed by atoms with van der Waals surface area (Å²) in [6.07, 6.45) is 1.12. The third-order valence-electron chi connectivity index (χ3n) is 1.68. The number of aromatic nitrogens is 2. The maximum absolute atomic E-state index is 10.5. The van der Waals surface area contributed by atoms with Crippen molar-refractivity contribution in [2.75, 3.05) is 0 Å². The van der Waals surface area contributed by atoms with Crippen LogP contribution in [0.25, 0.3) is 0 Å². The molecule has 1 aromatic rings. The first-order chi connectivity index (χ1) is 6.56. The van der Waals surface area contributed by atoms with Crippen LogP contribution in [0.5, 0.6) is 0 Å². The summed E-state index contributed by atoms with van der Waals surface area (Å²) in [5.74, 6) is 1.70. The van der Waals surface area contributed by atoms with Crippen LogP contribution in [0.3, 0.4) is 0 Å². The lowest BCUT2D eigenvalue weighted by Crippen LogP contribution is -2.12. The van der Waals surface area contributed by atoms with E-state index in [-0.39, 0.29) is 18.1 Å². The molecule has 0 radical (unpaired) electrons. The second-order valence-corrected chi connectivity index (χ2v) is 2.63. The average molecular weight is 196 g/mol. The Morgan fingerprint density at radius 2 is 2.50 bits per heavy atom. The molecule has 0 aliphatic carbocycles. The Kier molecular flexibility index (Phi) is 2.64. The maximum Gasteiger partial charge on any atom is 0.343 e. The van der Waals surface area contributed by atoms with Crippen LogP contribution >= 0.6 is 0 Å². The molecule has 2 N–H and O–H groups in total. The smallest absolute Gasteiger partial charge is 0.343 e. The second kappa shape index (κ2) is 3.71. The van der Waals surface area contributed by atoms with E-state index in [0.717, 1.165) is 6.20 Å². The van der Waals surface area contributed by atoms with Gasteiger partial charge < -0.3 is 15.8 Å². The number of hydrogen-bond acceptors (Lipinski definition) is 5. The van der Waals surface area contributed by atoms with E-state index < -0.39 is 4.92 Å². The van der Waals surface area contributed by atoms with Crippen LogP contribution in [0, 0.1) is 17.0 Å². The first-order valence-corrected chi connectivity index (χ1v) is 3.72. The zero-order valence-electron chi connectivity index (χ0n) is 7.43. The van der Waals surface area contributed by atoms with Crippen LogP contribution in [-0.4, -0.2) is 20.4 Å². The Balaban J connectivity index is 3.11. The SMILES string of the molecule is Cc1ncc([N+](=O)[O-])n1CC(N)=C=O. The molecule has 0 aliphatic rings. The Hall–Kier alpha value is -2.14. The van der Waals surface area contributed by atoms with Crippen LogP contribution in [0.15, 0.2) is 11.9 Å². The van der Waals surface area contributed by atoms with Crippen LogP contribution in [0.2, 0.25) is 0 Å². The molecule has 1 rings (SSSR count). The molecule has 7 nitrogen and oxygen atoms in total. The summed E-state index contributed by atoms with van der Waals surface area (Å²) in [5, 5.41) is 10.5. The standard InChI is InChI=1S/C7H8N4O3/c1-5-9-2-7(11(13)14)10(5)3-6(8)4-12/h2H,3,8H2,1H3. The Morgan fingerprint density at radius 3 is 3.00 bits per heavy atom. The molecule has 74 valence electrons. The van der Waals surface area contributed by atoms with Gasteiger partial charge in [-0.2, -0.15) is 0 Å². The first kappa shape index (κ1) is 9.94. The van der Waals surface area contributed by atoms with Gasteiger partial charge in [0.15, 0.2) is 5.82 Å². The molecule has 0 fully saturated rings. The zero-order valence-corrected chi connectivity index (χ0v) is 7.43. The van der Waals surface area contributed by atoms with E-state index in [0.29, 0.717) is 5.82 Å². The number of aryl methyl sites for hydroxylation is 1. The molecule has 0 saturated heterocycles. The molecule has 0 saturated carbocycles. The Bertz CT molecular complexity index is 417. The fourth-order valence-corrected chi connectivity index (χ4v) is 1.00. The molecule has 0 aliphatic heterocycles. The minimum absolute atomic E-state index is 0.0638. The van der Waals surface area contributed by atoms with Crippen LogP contribution in [0.4, 0.5) is 5.82 Å². The van der Waals surface area contributed by atoms with Crippen molar-refractivity contribution in [3.05, 3.63) is 27.8 Å². The minimum Gasteiger partial charge on any atom is -0.390 e. The normalized spacial score (nSPS) is 9.50. The lowest BCUT2D eigenvalue weighted by Gasteiger charge is -1.99. The predicted molar refractivity (Wildman–Crippen MR) is 47.0 cm³/mol. The lowest BCUT2D eigenvalue weighted by atomic mass is 10.4. The zero-order chi connectivity index (χ0) is 10.7. The fraction of sp³-hybridized carbons (Fsp3) is 0.286. The van der Waals surface area contributed by atoms with Gasteiger partial charge in [0.1, 0.15) is 24.4 Å². The topological polar surface area (TPSA) is 104 Å². The van der Waals surface area contributed by atoms with Gasteiger partial charge in [-0.05, 0) is 4.92 Å². The third-order valence-corrected chi connectivity index (χ3v) is 1.68. The van der Waals surface area contributed by atoms with E-state index in [1.165, 1.54) is 10.5 Å². The van der Waals surface area contributed by atoms with Gasteiger partial charge in [-0.25, -0.2) is 14.3 Å². The molecule has 0 amide bonds. The monoisotopic (exact) mass is 196 g/mol. The highest BCUT2D eigenvalue weighted by Crippen LogP contribution is 2.13. The van der Waals surface area contributed by atoms with Gasteiger partial charge in [0.05, 0.1) is 0 Å². The summed E-state index contributed by atoms with van der Waals surface area (Å²) in [6, 6.07) is 0. The molecule has 0 atom stereocenters. The number of rotatable bonds is 3. The summed E-state index contributed by atoms with van der Waals surface area (Å²) < 4.78 is 1.24. The number of carbonyl (C=O) groups excluding carboxylic acids is 1. The molecule has 0 unspecified atom stereocenters. The summed E-state index contributed by atoms with van der Waals surface area (Å²) in [5.41, 5.74) is 5.12. The first-order valence-electron chi connectivity index (χ1n) is 3.72. The van der Waals surface area contributed by atoms with Crippen molar-refractivity contribution in [3.8, 4) is 0 Å². The number of nitrogens with two attached hydrogens (primary N) is 1. The minimum atomic E-state index is -0.585. The van der Waals surface area contributed by atoms with Crippen LogP contribution in [-0.2, 0) is 11.3 Å². The average Bonchev–Trinajstić information content (AvgIpc) is 2.48.